The highest BCUT2D eigenvalue weighted by molar-refractivity contribution is 7.13. The standard InChI is InChI=1S/C15H18N2O2S2/c1-15(2,13(18)19)12-8-21-14(17-12)16-10-4-3-5-11-9(10)6-7-20-11/h6-8,10H,3-5H2,1-2H3,(H,16,17)(H,18,19). The van der Waals surface area contributed by atoms with Gasteiger partial charge in [0.25, 0.3) is 0 Å². The number of aliphatic carboxylic acids is 1. The van der Waals surface area contributed by atoms with Crippen LogP contribution in [0.5, 0.6) is 0 Å². The van der Waals surface area contributed by atoms with Crippen LogP contribution in [0.4, 0.5) is 5.13 Å². The monoisotopic (exact) mass is 322 g/mol. The van der Waals surface area contributed by atoms with E-state index in [1.807, 2.05) is 16.7 Å². The van der Waals surface area contributed by atoms with E-state index in [0.29, 0.717) is 11.7 Å². The second-order valence-corrected chi connectivity index (χ2v) is 7.72. The fraction of sp³-hybridized carbons (Fsp3) is 0.467. The second-order valence-electron chi connectivity index (χ2n) is 5.86. The number of aryl methyl sites for hydroxylation is 1. The zero-order chi connectivity index (χ0) is 15.0. The van der Waals surface area contributed by atoms with Gasteiger partial charge in [0.2, 0.25) is 0 Å². The predicted molar refractivity (Wildman–Crippen MR) is 86.4 cm³/mol. The van der Waals surface area contributed by atoms with Gasteiger partial charge < -0.3 is 10.4 Å². The fourth-order valence-corrected chi connectivity index (χ4v) is 4.44. The molecule has 3 rings (SSSR count). The Labute approximate surface area is 131 Å². The van der Waals surface area contributed by atoms with Crippen LogP contribution in [0, 0.1) is 0 Å². The number of carbonyl (C=O) groups is 1. The van der Waals surface area contributed by atoms with Crippen LogP contribution in [-0.4, -0.2) is 16.1 Å². The summed E-state index contributed by atoms with van der Waals surface area (Å²) in [6.07, 6.45) is 3.45. The van der Waals surface area contributed by atoms with E-state index in [0.717, 1.165) is 11.6 Å². The van der Waals surface area contributed by atoms with Gasteiger partial charge in [-0.1, -0.05) is 0 Å². The number of fused-ring (bicyclic) bond motifs is 1. The van der Waals surface area contributed by atoms with Crippen molar-refractivity contribution >= 4 is 33.8 Å². The van der Waals surface area contributed by atoms with E-state index in [9.17, 15) is 9.90 Å². The molecule has 21 heavy (non-hydrogen) atoms. The summed E-state index contributed by atoms with van der Waals surface area (Å²) in [5.41, 5.74) is 1.04. The smallest absolute Gasteiger partial charge is 0.315 e. The Kier molecular flexibility index (Phi) is 3.75. The number of aromatic nitrogens is 1. The van der Waals surface area contributed by atoms with Gasteiger partial charge in [-0.2, -0.15) is 0 Å². The molecule has 0 saturated carbocycles. The number of carboxylic acid groups (broad SMARTS) is 1. The first-order valence-corrected chi connectivity index (χ1v) is 8.76. The third-order valence-electron chi connectivity index (χ3n) is 4.03. The topological polar surface area (TPSA) is 62.2 Å². The van der Waals surface area contributed by atoms with Gasteiger partial charge in [-0.05, 0) is 50.1 Å². The van der Waals surface area contributed by atoms with Crippen molar-refractivity contribution in [3.63, 3.8) is 0 Å². The lowest BCUT2D eigenvalue weighted by molar-refractivity contribution is -0.142. The number of anilines is 1. The summed E-state index contributed by atoms with van der Waals surface area (Å²) in [4.78, 5) is 17.2. The molecule has 2 aromatic heterocycles. The van der Waals surface area contributed by atoms with Gasteiger partial charge in [0.15, 0.2) is 5.13 Å². The fourth-order valence-electron chi connectivity index (χ4n) is 2.52. The number of nitrogens with zero attached hydrogens (tertiary/aromatic N) is 1. The van der Waals surface area contributed by atoms with Gasteiger partial charge in [0, 0.05) is 10.3 Å². The Hall–Kier alpha value is -1.40. The number of thiazole rings is 1. The molecule has 1 unspecified atom stereocenters. The van der Waals surface area contributed by atoms with Gasteiger partial charge in [-0.3, -0.25) is 4.79 Å². The van der Waals surface area contributed by atoms with E-state index in [1.54, 1.807) is 13.8 Å². The molecule has 0 amide bonds. The molecule has 2 N–H and O–H groups in total. The molecule has 112 valence electrons. The number of hydrogen-bond donors (Lipinski definition) is 2. The van der Waals surface area contributed by atoms with Crippen molar-refractivity contribution in [2.45, 2.75) is 44.6 Å². The molecule has 0 spiro atoms. The summed E-state index contributed by atoms with van der Waals surface area (Å²) in [6, 6.07) is 2.49. The third-order valence-corrected chi connectivity index (χ3v) is 5.80. The first-order valence-electron chi connectivity index (χ1n) is 7.00. The molecule has 0 aliphatic heterocycles. The van der Waals surface area contributed by atoms with E-state index >= 15 is 0 Å². The number of carboxylic acids is 1. The minimum Gasteiger partial charge on any atom is -0.481 e. The van der Waals surface area contributed by atoms with Gasteiger partial charge in [0.05, 0.1) is 11.7 Å². The Morgan fingerprint density at radius 2 is 2.29 bits per heavy atom. The second kappa shape index (κ2) is 5.42. The molecule has 2 aromatic rings. The van der Waals surface area contributed by atoms with E-state index in [4.69, 9.17) is 0 Å². The molecule has 0 radical (unpaired) electrons. The van der Waals surface area contributed by atoms with Crippen LogP contribution < -0.4 is 5.32 Å². The summed E-state index contributed by atoms with van der Waals surface area (Å²) >= 11 is 3.30. The number of rotatable bonds is 4. The molecular weight excluding hydrogens is 304 g/mol. The lowest BCUT2D eigenvalue weighted by Crippen LogP contribution is -2.28. The maximum atomic E-state index is 11.3. The number of nitrogens with one attached hydrogen (secondary N) is 1. The van der Waals surface area contributed by atoms with Crippen LogP contribution >= 0.6 is 22.7 Å². The summed E-state index contributed by atoms with van der Waals surface area (Å²) in [5, 5.41) is 17.5. The van der Waals surface area contributed by atoms with Gasteiger partial charge in [-0.15, -0.1) is 22.7 Å². The Balaban J connectivity index is 1.79. The predicted octanol–water partition coefficient (Wildman–Crippen LogP) is 4.06. The van der Waals surface area contributed by atoms with E-state index in [1.165, 1.54) is 34.6 Å². The molecule has 1 aliphatic rings. The average molecular weight is 322 g/mol. The van der Waals surface area contributed by atoms with E-state index in [-0.39, 0.29) is 0 Å². The minimum atomic E-state index is -0.948. The Morgan fingerprint density at radius 3 is 3.05 bits per heavy atom. The van der Waals surface area contributed by atoms with Gasteiger partial charge in [0.1, 0.15) is 5.41 Å². The quantitative estimate of drug-likeness (QED) is 0.891. The van der Waals surface area contributed by atoms with Crippen molar-refractivity contribution in [1.29, 1.82) is 0 Å². The molecule has 1 atom stereocenters. The average Bonchev–Trinajstić information content (AvgIpc) is 3.07. The zero-order valence-corrected chi connectivity index (χ0v) is 13.7. The number of hydrogen-bond acceptors (Lipinski definition) is 5. The Morgan fingerprint density at radius 1 is 1.48 bits per heavy atom. The van der Waals surface area contributed by atoms with Crippen molar-refractivity contribution in [1.82, 2.24) is 4.98 Å². The normalized spacial score (nSPS) is 18.3. The molecule has 0 saturated heterocycles. The van der Waals surface area contributed by atoms with E-state index in [2.05, 4.69) is 21.7 Å². The van der Waals surface area contributed by atoms with Crippen molar-refractivity contribution in [2.24, 2.45) is 0 Å². The SMILES string of the molecule is CC(C)(C(=O)O)c1csc(NC2CCCc3sccc32)n1. The first kappa shape index (κ1) is 14.5. The molecule has 4 nitrogen and oxygen atoms in total. The maximum Gasteiger partial charge on any atom is 0.315 e. The van der Waals surface area contributed by atoms with Crippen LogP contribution in [0.2, 0.25) is 0 Å². The Bertz CT molecular complexity index is 660. The minimum absolute atomic E-state index is 0.298. The molecular formula is C15H18N2O2S2. The lowest BCUT2D eigenvalue weighted by atomic mass is 9.90. The van der Waals surface area contributed by atoms with Crippen molar-refractivity contribution < 1.29 is 9.90 Å². The highest BCUT2D eigenvalue weighted by Crippen LogP contribution is 2.36. The van der Waals surface area contributed by atoms with Gasteiger partial charge in [-0.25, -0.2) is 4.98 Å². The van der Waals surface area contributed by atoms with Gasteiger partial charge >= 0.3 is 5.97 Å². The molecule has 1 aliphatic carbocycles. The first-order chi connectivity index (χ1) is 9.98. The highest BCUT2D eigenvalue weighted by atomic mass is 32.1. The zero-order valence-electron chi connectivity index (χ0n) is 12.0. The van der Waals surface area contributed by atoms with Crippen molar-refractivity contribution in [3.05, 3.63) is 33.0 Å². The third kappa shape index (κ3) is 2.70. The van der Waals surface area contributed by atoms with E-state index < -0.39 is 11.4 Å². The summed E-state index contributed by atoms with van der Waals surface area (Å²) in [5.74, 6) is -0.850. The number of thiophene rings is 1. The molecule has 0 fully saturated rings. The molecule has 6 heteroatoms. The van der Waals surface area contributed by atoms with Crippen LogP contribution in [-0.2, 0) is 16.6 Å². The summed E-state index contributed by atoms with van der Waals surface area (Å²) < 4.78 is 0. The van der Waals surface area contributed by atoms with Crippen molar-refractivity contribution in [3.8, 4) is 0 Å². The van der Waals surface area contributed by atoms with Crippen LogP contribution in [0.25, 0.3) is 0 Å². The van der Waals surface area contributed by atoms with Crippen molar-refractivity contribution in [2.75, 3.05) is 5.32 Å². The lowest BCUT2D eigenvalue weighted by Gasteiger charge is -2.23. The highest BCUT2D eigenvalue weighted by Gasteiger charge is 2.32. The molecule has 0 bridgehead atoms. The van der Waals surface area contributed by atoms with Crippen LogP contribution in [0.3, 0.4) is 0 Å². The molecule has 0 aromatic carbocycles. The summed E-state index contributed by atoms with van der Waals surface area (Å²) in [6.45, 7) is 3.37. The largest absolute Gasteiger partial charge is 0.481 e. The van der Waals surface area contributed by atoms with Crippen LogP contribution in [0.15, 0.2) is 16.8 Å². The maximum absolute atomic E-state index is 11.3. The molecule has 2 heterocycles. The van der Waals surface area contributed by atoms with Crippen LogP contribution in [0.1, 0.15) is 48.9 Å². The summed E-state index contributed by atoms with van der Waals surface area (Å²) in [7, 11) is 0.